The molecule has 2 aromatic rings. The van der Waals surface area contributed by atoms with Crippen molar-refractivity contribution in [3.05, 3.63) is 48.0 Å². The van der Waals surface area contributed by atoms with Crippen LogP contribution < -0.4 is 5.32 Å². The zero-order valence-corrected chi connectivity index (χ0v) is 13.3. The first-order chi connectivity index (χ1) is 10.8. The summed E-state index contributed by atoms with van der Waals surface area (Å²) in [6, 6.07) is 8.21. The van der Waals surface area contributed by atoms with E-state index in [1.807, 2.05) is 16.7 Å². The van der Waals surface area contributed by atoms with E-state index in [0.29, 0.717) is 13.2 Å². The van der Waals surface area contributed by atoms with Gasteiger partial charge in [-0.1, -0.05) is 18.2 Å². The predicted octanol–water partition coefficient (Wildman–Crippen LogP) is 1.86. The molecule has 0 saturated heterocycles. The largest absolute Gasteiger partial charge is 0.383 e. The van der Waals surface area contributed by atoms with Gasteiger partial charge in [0, 0.05) is 24.7 Å². The summed E-state index contributed by atoms with van der Waals surface area (Å²) in [6.07, 6.45) is 4.35. The number of benzene rings is 1. The molecule has 3 rings (SSSR count). The highest BCUT2D eigenvalue weighted by Crippen LogP contribution is 2.36. The number of amides is 1. The maximum Gasteiger partial charge on any atom is 0.234 e. The van der Waals surface area contributed by atoms with Crippen LogP contribution in [0, 0.1) is 0 Å². The predicted molar refractivity (Wildman–Crippen MR) is 85.7 cm³/mol. The van der Waals surface area contributed by atoms with Gasteiger partial charge in [-0.05, 0) is 18.1 Å². The number of ether oxygens (including phenoxy) is 1. The molecule has 5 nitrogen and oxygen atoms in total. The van der Waals surface area contributed by atoms with Crippen molar-refractivity contribution in [2.75, 3.05) is 13.7 Å². The highest BCUT2D eigenvalue weighted by molar-refractivity contribution is 8.01. The summed E-state index contributed by atoms with van der Waals surface area (Å²) in [5, 5.41) is 2.98. The van der Waals surface area contributed by atoms with Crippen molar-refractivity contribution in [1.82, 2.24) is 14.9 Å². The van der Waals surface area contributed by atoms with Gasteiger partial charge in [-0.3, -0.25) is 4.79 Å². The standard InChI is InChI=1S/C16H19N3O2S/c1-21-7-6-19-11-17-9-13(19)10-18-16(20)15-8-12-4-2-3-5-14(12)22-15/h2-5,9,11,15H,6-8,10H2,1H3,(H,18,20)/t15-/m1/s1. The summed E-state index contributed by atoms with van der Waals surface area (Å²) in [7, 11) is 1.67. The van der Waals surface area contributed by atoms with Crippen LogP contribution in [0.1, 0.15) is 11.3 Å². The van der Waals surface area contributed by atoms with Crippen molar-refractivity contribution in [1.29, 1.82) is 0 Å². The first kappa shape index (κ1) is 15.1. The van der Waals surface area contributed by atoms with E-state index in [2.05, 4.69) is 22.4 Å². The molecule has 22 heavy (non-hydrogen) atoms. The van der Waals surface area contributed by atoms with Crippen LogP contribution in [0.15, 0.2) is 41.7 Å². The number of thioether (sulfide) groups is 1. The van der Waals surface area contributed by atoms with E-state index in [4.69, 9.17) is 4.74 Å². The molecular weight excluding hydrogens is 298 g/mol. The second-order valence-electron chi connectivity index (χ2n) is 5.21. The molecule has 0 fully saturated rings. The molecule has 0 spiro atoms. The molecule has 0 saturated carbocycles. The summed E-state index contributed by atoms with van der Waals surface area (Å²) in [6.45, 7) is 1.87. The number of nitrogens with zero attached hydrogens (tertiary/aromatic N) is 2. The number of imidazole rings is 1. The molecule has 2 heterocycles. The Morgan fingerprint density at radius 3 is 3.18 bits per heavy atom. The summed E-state index contributed by atoms with van der Waals surface area (Å²) >= 11 is 1.65. The van der Waals surface area contributed by atoms with Crippen LogP contribution in [-0.4, -0.2) is 34.4 Å². The molecule has 0 aliphatic carbocycles. The summed E-state index contributed by atoms with van der Waals surface area (Å²) in [4.78, 5) is 17.7. The average Bonchev–Trinajstić information content (AvgIpc) is 3.16. The Labute approximate surface area is 134 Å². The first-order valence-corrected chi connectivity index (χ1v) is 8.16. The molecule has 1 aromatic carbocycles. The number of hydrogen-bond acceptors (Lipinski definition) is 4. The van der Waals surface area contributed by atoms with Gasteiger partial charge in [0.05, 0.1) is 30.4 Å². The first-order valence-electron chi connectivity index (χ1n) is 7.28. The van der Waals surface area contributed by atoms with Crippen molar-refractivity contribution in [3.63, 3.8) is 0 Å². The van der Waals surface area contributed by atoms with E-state index in [1.165, 1.54) is 10.5 Å². The highest BCUT2D eigenvalue weighted by Gasteiger charge is 2.27. The maximum atomic E-state index is 12.3. The second-order valence-corrected chi connectivity index (χ2v) is 6.45. The minimum absolute atomic E-state index is 0.0345. The maximum absolute atomic E-state index is 12.3. The van der Waals surface area contributed by atoms with Crippen LogP contribution in [0.5, 0.6) is 0 Å². The zero-order valence-electron chi connectivity index (χ0n) is 12.5. The third kappa shape index (κ3) is 3.34. The van der Waals surface area contributed by atoms with Crippen LogP contribution >= 0.6 is 11.8 Å². The Morgan fingerprint density at radius 2 is 2.36 bits per heavy atom. The minimum atomic E-state index is -0.0345. The molecule has 1 N–H and O–H groups in total. The van der Waals surface area contributed by atoms with E-state index < -0.39 is 0 Å². The molecular formula is C16H19N3O2S. The van der Waals surface area contributed by atoms with Gasteiger partial charge in [-0.2, -0.15) is 0 Å². The molecule has 1 amide bonds. The van der Waals surface area contributed by atoms with Crippen molar-refractivity contribution >= 4 is 17.7 Å². The van der Waals surface area contributed by atoms with Crippen molar-refractivity contribution in [2.45, 2.75) is 29.7 Å². The van der Waals surface area contributed by atoms with Gasteiger partial charge in [0.15, 0.2) is 0 Å². The van der Waals surface area contributed by atoms with Gasteiger partial charge in [-0.15, -0.1) is 11.8 Å². The number of carbonyl (C=O) groups excluding carboxylic acids is 1. The van der Waals surface area contributed by atoms with Crippen LogP contribution in [-0.2, 0) is 29.0 Å². The van der Waals surface area contributed by atoms with Gasteiger partial charge < -0.3 is 14.6 Å². The summed E-state index contributed by atoms with van der Waals surface area (Å²) in [5.74, 6) is 0.0840. The minimum Gasteiger partial charge on any atom is -0.383 e. The van der Waals surface area contributed by atoms with Crippen molar-refractivity contribution in [2.24, 2.45) is 0 Å². The number of nitrogens with one attached hydrogen (secondary N) is 1. The SMILES string of the molecule is COCCn1cncc1CNC(=O)[C@H]1Cc2ccccc2S1. The molecule has 1 aliphatic heterocycles. The lowest BCUT2D eigenvalue weighted by molar-refractivity contribution is -0.120. The normalized spacial score (nSPS) is 16.5. The fourth-order valence-electron chi connectivity index (χ4n) is 2.51. The summed E-state index contributed by atoms with van der Waals surface area (Å²) in [5.41, 5.74) is 2.25. The quantitative estimate of drug-likeness (QED) is 0.883. The highest BCUT2D eigenvalue weighted by atomic mass is 32.2. The lowest BCUT2D eigenvalue weighted by Gasteiger charge is -2.11. The zero-order chi connectivity index (χ0) is 15.4. The number of aromatic nitrogens is 2. The van der Waals surface area contributed by atoms with Gasteiger partial charge in [0.25, 0.3) is 0 Å². The third-order valence-electron chi connectivity index (χ3n) is 3.72. The molecule has 0 radical (unpaired) electrons. The number of fused-ring (bicyclic) bond motifs is 1. The lowest BCUT2D eigenvalue weighted by Crippen LogP contribution is -2.32. The van der Waals surface area contributed by atoms with Crippen molar-refractivity contribution < 1.29 is 9.53 Å². The van der Waals surface area contributed by atoms with Gasteiger partial charge >= 0.3 is 0 Å². The monoisotopic (exact) mass is 317 g/mol. The molecule has 6 heteroatoms. The summed E-state index contributed by atoms with van der Waals surface area (Å²) < 4.78 is 7.07. The van der Waals surface area contributed by atoms with Crippen LogP contribution in [0.4, 0.5) is 0 Å². The van der Waals surface area contributed by atoms with E-state index in [9.17, 15) is 4.79 Å². The second kappa shape index (κ2) is 6.98. The van der Waals surface area contributed by atoms with Gasteiger partial charge in [0.1, 0.15) is 0 Å². The van der Waals surface area contributed by atoms with E-state index in [0.717, 1.165) is 18.7 Å². The Morgan fingerprint density at radius 1 is 1.50 bits per heavy atom. The molecule has 0 unspecified atom stereocenters. The van der Waals surface area contributed by atoms with Crippen LogP contribution in [0.2, 0.25) is 0 Å². The third-order valence-corrected chi connectivity index (χ3v) is 5.04. The Kier molecular flexibility index (Phi) is 4.80. The van der Waals surface area contributed by atoms with Crippen molar-refractivity contribution in [3.8, 4) is 0 Å². The number of hydrogen-bond donors (Lipinski definition) is 1. The Balaban J connectivity index is 1.54. The number of carbonyl (C=O) groups is 1. The molecule has 1 aliphatic rings. The average molecular weight is 317 g/mol. The van der Waals surface area contributed by atoms with E-state index in [-0.39, 0.29) is 11.2 Å². The van der Waals surface area contributed by atoms with E-state index in [1.54, 1.807) is 31.4 Å². The number of methoxy groups -OCH3 is 1. The van der Waals surface area contributed by atoms with Gasteiger partial charge in [-0.25, -0.2) is 4.98 Å². The molecule has 1 atom stereocenters. The molecule has 1 aromatic heterocycles. The Hall–Kier alpha value is -1.79. The van der Waals surface area contributed by atoms with Crippen LogP contribution in [0.25, 0.3) is 0 Å². The topological polar surface area (TPSA) is 56.1 Å². The fourth-order valence-corrected chi connectivity index (χ4v) is 3.73. The molecule has 116 valence electrons. The Bertz CT molecular complexity index is 631. The lowest BCUT2D eigenvalue weighted by atomic mass is 10.1. The van der Waals surface area contributed by atoms with E-state index >= 15 is 0 Å². The fraction of sp³-hybridized carbons (Fsp3) is 0.375. The number of rotatable bonds is 6. The molecule has 0 bridgehead atoms. The smallest absolute Gasteiger partial charge is 0.234 e. The van der Waals surface area contributed by atoms with Crippen LogP contribution in [0.3, 0.4) is 0 Å². The van der Waals surface area contributed by atoms with Gasteiger partial charge in [0.2, 0.25) is 5.91 Å².